The second-order valence-electron chi connectivity index (χ2n) is 20.9. The van der Waals surface area contributed by atoms with Crippen molar-refractivity contribution in [3.63, 3.8) is 0 Å². The molecule has 0 N–H and O–H groups in total. The van der Waals surface area contributed by atoms with Crippen LogP contribution in [0.5, 0.6) is 0 Å². The van der Waals surface area contributed by atoms with Gasteiger partial charge >= 0.3 is 17.9 Å². The molecule has 0 aliphatic heterocycles. The zero-order chi connectivity index (χ0) is 46.8. The molecular formula is C58H112O6. The van der Waals surface area contributed by atoms with Gasteiger partial charge in [-0.25, -0.2) is 0 Å². The maximum Gasteiger partial charge on any atom is 0.306 e. The van der Waals surface area contributed by atoms with Crippen LogP contribution in [-0.2, 0) is 28.6 Å². The molecule has 0 aliphatic rings. The van der Waals surface area contributed by atoms with Crippen LogP contribution in [0.25, 0.3) is 0 Å². The Morgan fingerprint density at radius 3 is 0.766 bits per heavy atom. The molecule has 0 bridgehead atoms. The minimum absolute atomic E-state index is 0.0633. The van der Waals surface area contributed by atoms with E-state index >= 15 is 0 Å². The fourth-order valence-electron chi connectivity index (χ4n) is 8.87. The van der Waals surface area contributed by atoms with Crippen LogP contribution >= 0.6 is 0 Å². The van der Waals surface area contributed by atoms with Crippen molar-refractivity contribution in [2.45, 2.75) is 330 Å². The van der Waals surface area contributed by atoms with E-state index in [9.17, 15) is 14.4 Å². The molecular weight excluding hydrogens is 793 g/mol. The molecule has 0 amide bonds. The normalized spacial score (nSPS) is 12.0. The summed E-state index contributed by atoms with van der Waals surface area (Å²) in [4.78, 5) is 38.1. The first-order valence-electron chi connectivity index (χ1n) is 28.7. The molecule has 0 rings (SSSR count). The van der Waals surface area contributed by atoms with E-state index in [1.54, 1.807) is 0 Å². The molecule has 0 aliphatic carbocycles. The Hall–Kier alpha value is -1.59. The second kappa shape index (κ2) is 50.8. The molecule has 64 heavy (non-hydrogen) atoms. The highest BCUT2D eigenvalue weighted by Gasteiger charge is 2.19. The van der Waals surface area contributed by atoms with Crippen molar-refractivity contribution in [2.75, 3.05) is 13.2 Å². The van der Waals surface area contributed by atoms with Crippen LogP contribution < -0.4 is 0 Å². The van der Waals surface area contributed by atoms with Crippen LogP contribution in [0.2, 0.25) is 0 Å². The van der Waals surface area contributed by atoms with Crippen LogP contribution in [-0.4, -0.2) is 37.2 Å². The Morgan fingerprint density at radius 2 is 0.516 bits per heavy atom. The third kappa shape index (κ3) is 51.4. The first kappa shape index (κ1) is 62.4. The summed E-state index contributed by atoms with van der Waals surface area (Å²) in [5.41, 5.74) is 0. The first-order chi connectivity index (χ1) is 31.2. The Kier molecular flexibility index (Phi) is 49.6. The predicted molar refractivity (Wildman–Crippen MR) is 275 cm³/mol. The number of carbonyl (C=O) groups excluding carboxylic acids is 3. The number of ether oxygens (including phenoxy) is 3. The van der Waals surface area contributed by atoms with Crippen molar-refractivity contribution in [1.29, 1.82) is 0 Å². The quantitative estimate of drug-likeness (QED) is 0.0344. The molecule has 0 aromatic heterocycles. The summed E-state index contributed by atoms with van der Waals surface area (Å²) in [5, 5.41) is 0. The molecule has 0 fully saturated rings. The Bertz CT molecular complexity index is 978. The molecule has 0 unspecified atom stereocenters. The van der Waals surface area contributed by atoms with Gasteiger partial charge in [-0.2, -0.15) is 0 Å². The highest BCUT2D eigenvalue weighted by molar-refractivity contribution is 5.71. The summed E-state index contributed by atoms with van der Waals surface area (Å²) in [6, 6.07) is 0. The maximum absolute atomic E-state index is 12.8. The van der Waals surface area contributed by atoms with Gasteiger partial charge in [0.05, 0.1) is 0 Å². The van der Waals surface area contributed by atoms with Crippen molar-refractivity contribution < 1.29 is 28.6 Å². The van der Waals surface area contributed by atoms with Crippen LogP contribution in [0.4, 0.5) is 0 Å². The average Bonchev–Trinajstić information content (AvgIpc) is 3.27. The minimum atomic E-state index is -0.763. The monoisotopic (exact) mass is 905 g/mol. The summed E-state index contributed by atoms with van der Waals surface area (Å²) in [7, 11) is 0. The van der Waals surface area contributed by atoms with Crippen molar-refractivity contribution >= 4 is 17.9 Å². The molecule has 0 saturated carbocycles. The molecule has 6 nitrogen and oxygen atoms in total. The molecule has 0 aromatic rings. The largest absolute Gasteiger partial charge is 0.462 e. The van der Waals surface area contributed by atoms with Gasteiger partial charge in [-0.3, -0.25) is 14.4 Å². The molecule has 380 valence electrons. The molecule has 6 heteroatoms. The number of carbonyl (C=O) groups is 3. The highest BCUT2D eigenvalue weighted by Crippen LogP contribution is 2.18. The third-order valence-electron chi connectivity index (χ3n) is 13.2. The van der Waals surface area contributed by atoms with Crippen molar-refractivity contribution in [3.8, 4) is 0 Å². The van der Waals surface area contributed by atoms with Crippen LogP contribution in [0.15, 0.2) is 0 Å². The second-order valence-corrected chi connectivity index (χ2v) is 20.9. The van der Waals surface area contributed by atoms with E-state index in [-0.39, 0.29) is 31.1 Å². The van der Waals surface area contributed by atoms with Crippen molar-refractivity contribution in [3.05, 3.63) is 0 Å². The molecule has 1 atom stereocenters. The van der Waals surface area contributed by atoms with E-state index in [1.165, 1.54) is 212 Å². The fraction of sp³-hybridized carbons (Fsp3) is 0.948. The van der Waals surface area contributed by atoms with Gasteiger partial charge < -0.3 is 14.2 Å². The van der Waals surface area contributed by atoms with E-state index in [0.717, 1.165) is 69.6 Å². The van der Waals surface area contributed by atoms with Crippen LogP contribution in [0.1, 0.15) is 324 Å². The minimum Gasteiger partial charge on any atom is -0.462 e. The van der Waals surface area contributed by atoms with Gasteiger partial charge in [0, 0.05) is 19.3 Å². The average molecular weight is 906 g/mol. The molecule has 0 aromatic carbocycles. The van der Waals surface area contributed by atoms with Gasteiger partial charge in [0.25, 0.3) is 0 Å². The van der Waals surface area contributed by atoms with Gasteiger partial charge in [0.2, 0.25) is 0 Å². The van der Waals surface area contributed by atoms with Gasteiger partial charge in [-0.05, 0) is 31.1 Å². The Labute approximate surface area is 399 Å². The van der Waals surface area contributed by atoms with Gasteiger partial charge in [-0.15, -0.1) is 0 Å². The summed E-state index contributed by atoms with van der Waals surface area (Å²) in [6.45, 7) is 11.4. The SMILES string of the molecule is CCCCCCCCCCCCCCCCCCCC(=O)OC[C@@H](COC(=O)CCCCCCCCCC(C)C)OC(=O)CCCCCCCCCCCCCCCCCCC(C)C. The molecule has 0 spiro atoms. The number of hydrogen-bond donors (Lipinski definition) is 0. The molecule has 0 radical (unpaired) electrons. The highest BCUT2D eigenvalue weighted by atomic mass is 16.6. The van der Waals surface area contributed by atoms with E-state index in [1.807, 2.05) is 0 Å². The standard InChI is InChI=1S/C58H112O6/c1-6-7-8-9-10-11-12-13-14-15-19-22-25-28-33-38-43-48-56(59)62-51-55(52-63-57(60)49-44-39-35-30-32-37-42-47-54(4)5)64-58(61)50-45-40-34-29-26-23-20-17-16-18-21-24-27-31-36-41-46-53(2)3/h53-55H,6-52H2,1-5H3/t55-/m0/s1. The topological polar surface area (TPSA) is 78.9 Å². The number of hydrogen-bond acceptors (Lipinski definition) is 6. The number of unbranched alkanes of at least 4 members (excludes halogenated alkanes) is 37. The predicted octanol–water partition coefficient (Wildman–Crippen LogP) is 18.9. The van der Waals surface area contributed by atoms with Gasteiger partial charge in [0.15, 0.2) is 6.10 Å². The van der Waals surface area contributed by atoms with Gasteiger partial charge in [-0.1, -0.05) is 285 Å². The Morgan fingerprint density at radius 1 is 0.297 bits per heavy atom. The zero-order valence-corrected chi connectivity index (χ0v) is 43.9. The molecule has 0 saturated heterocycles. The summed E-state index contributed by atoms with van der Waals surface area (Å²) in [5.74, 6) is 0.790. The third-order valence-corrected chi connectivity index (χ3v) is 13.2. The summed E-state index contributed by atoms with van der Waals surface area (Å²) in [6.07, 6.45) is 53.9. The lowest BCUT2D eigenvalue weighted by Gasteiger charge is -2.18. The van der Waals surface area contributed by atoms with Crippen molar-refractivity contribution in [1.82, 2.24) is 0 Å². The lowest BCUT2D eigenvalue weighted by Crippen LogP contribution is -2.30. The van der Waals surface area contributed by atoms with E-state index in [4.69, 9.17) is 14.2 Å². The van der Waals surface area contributed by atoms with Crippen molar-refractivity contribution in [2.24, 2.45) is 11.8 Å². The maximum atomic E-state index is 12.8. The molecule has 0 heterocycles. The lowest BCUT2D eigenvalue weighted by molar-refractivity contribution is -0.167. The summed E-state index contributed by atoms with van der Waals surface area (Å²) < 4.78 is 16.9. The van der Waals surface area contributed by atoms with E-state index in [2.05, 4.69) is 34.6 Å². The summed E-state index contributed by atoms with van der Waals surface area (Å²) >= 11 is 0. The van der Waals surface area contributed by atoms with Crippen LogP contribution in [0, 0.1) is 11.8 Å². The number of esters is 3. The smallest absolute Gasteiger partial charge is 0.306 e. The van der Waals surface area contributed by atoms with E-state index in [0.29, 0.717) is 19.3 Å². The number of rotatable bonds is 52. The van der Waals surface area contributed by atoms with Gasteiger partial charge in [0.1, 0.15) is 13.2 Å². The fourth-order valence-corrected chi connectivity index (χ4v) is 8.87. The van der Waals surface area contributed by atoms with Crippen LogP contribution in [0.3, 0.4) is 0 Å². The first-order valence-corrected chi connectivity index (χ1v) is 28.7. The lowest BCUT2D eigenvalue weighted by atomic mass is 10.0. The zero-order valence-electron chi connectivity index (χ0n) is 43.9. The Balaban J connectivity index is 4.24. The van der Waals surface area contributed by atoms with E-state index < -0.39 is 6.10 Å².